The van der Waals surface area contributed by atoms with E-state index < -0.39 is 27.4 Å². The molecule has 2 aromatic rings. The zero-order chi connectivity index (χ0) is 19.6. The summed E-state index contributed by atoms with van der Waals surface area (Å²) in [5.74, 6) is -2.75. The van der Waals surface area contributed by atoms with E-state index in [1.807, 2.05) is 0 Å². The molecule has 144 valence electrons. The van der Waals surface area contributed by atoms with Crippen LogP contribution in [0.2, 0.25) is 0 Å². The van der Waals surface area contributed by atoms with E-state index >= 15 is 0 Å². The van der Waals surface area contributed by atoms with E-state index in [2.05, 4.69) is 5.32 Å². The van der Waals surface area contributed by atoms with Crippen molar-refractivity contribution in [2.75, 3.05) is 24.3 Å². The summed E-state index contributed by atoms with van der Waals surface area (Å²) in [4.78, 5) is 12.5. The largest absolute Gasteiger partial charge is 0.381 e. The quantitative estimate of drug-likeness (QED) is 0.843. The molecule has 1 fully saturated rings. The summed E-state index contributed by atoms with van der Waals surface area (Å²) in [6.45, 7) is 2.31. The minimum absolute atomic E-state index is 0.0339. The third-order valence-electron chi connectivity index (χ3n) is 4.52. The van der Waals surface area contributed by atoms with Crippen LogP contribution in [0.4, 0.5) is 14.5 Å². The minimum Gasteiger partial charge on any atom is -0.381 e. The average molecular weight is 395 g/mol. The topological polar surface area (TPSA) is 72.5 Å². The molecule has 0 aliphatic carbocycles. The highest BCUT2D eigenvalue weighted by molar-refractivity contribution is 7.91. The fraction of sp³-hybridized carbons (Fsp3) is 0.316. The van der Waals surface area contributed by atoms with Gasteiger partial charge in [-0.1, -0.05) is 6.07 Å². The second kappa shape index (κ2) is 7.74. The predicted molar refractivity (Wildman–Crippen MR) is 96.5 cm³/mol. The van der Waals surface area contributed by atoms with E-state index in [9.17, 15) is 22.0 Å². The summed E-state index contributed by atoms with van der Waals surface area (Å²) in [6, 6.07) is 7.84. The van der Waals surface area contributed by atoms with Gasteiger partial charge in [-0.2, -0.15) is 0 Å². The second-order valence-electron chi connectivity index (χ2n) is 6.53. The second-order valence-corrected chi connectivity index (χ2v) is 8.56. The fourth-order valence-electron chi connectivity index (χ4n) is 2.93. The van der Waals surface area contributed by atoms with Gasteiger partial charge >= 0.3 is 0 Å². The first-order valence-electron chi connectivity index (χ1n) is 8.44. The third-order valence-corrected chi connectivity index (χ3v) is 6.40. The Morgan fingerprint density at radius 1 is 1.26 bits per heavy atom. The first kappa shape index (κ1) is 19.4. The molecular weight excluding hydrogens is 376 g/mol. The highest BCUT2D eigenvalue weighted by Gasteiger charge is 2.25. The lowest BCUT2D eigenvalue weighted by Crippen LogP contribution is -2.18. The Bertz CT molecular complexity index is 970. The molecule has 0 radical (unpaired) electrons. The van der Waals surface area contributed by atoms with Crippen LogP contribution in [-0.2, 0) is 14.6 Å². The number of halogens is 2. The summed E-state index contributed by atoms with van der Waals surface area (Å²) >= 11 is 0. The number of carbonyl (C=O) groups excluding carboxylic acids is 1. The number of rotatable bonds is 5. The molecular formula is C19H19F2NO4S. The van der Waals surface area contributed by atoms with Crippen molar-refractivity contribution >= 4 is 21.4 Å². The molecule has 1 heterocycles. The number of amides is 1. The van der Waals surface area contributed by atoms with Crippen LogP contribution in [0.5, 0.6) is 0 Å². The number of nitrogens with one attached hydrogen (secondary N) is 1. The molecule has 1 aliphatic rings. The molecule has 0 saturated carbocycles. The summed E-state index contributed by atoms with van der Waals surface area (Å²) in [7, 11) is -3.56. The summed E-state index contributed by atoms with van der Waals surface area (Å²) in [6.07, 6.45) is 0.689. The van der Waals surface area contributed by atoms with Crippen LogP contribution in [0.3, 0.4) is 0 Å². The average Bonchev–Trinajstić information content (AvgIpc) is 3.14. The van der Waals surface area contributed by atoms with Crippen molar-refractivity contribution in [2.45, 2.75) is 18.2 Å². The Kier molecular flexibility index (Phi) is 5.57. The maximum Gasteiger partial charge on any atom is 0.255 e. The minimum atomic E-state index is -3.56. The highest BCUT2D eigenvalue weighted by Crippen LogP contribution is 2.23. The number of ether oxygens (including phenoxy) is 1. The van der Waals surface area contributed by atoms with E-state index in [0.717, 1.165) is 6.07 Å². The van der Waals surface area contributed by atoms with Crippen LogP contribution in [0.25, 0.3) is 0 Å². The van der Waals surface area contributed by atoms with Crippen LogP contribution >= 0.6 is 0 Å². The number of hydrogen-bond donors (Lipinski definition) is 1. The molecule has 1 amide bonds. The SMILES string of the molecule is Cc1c(NC(=O)c2cccc(S(=O)(=O)C[C@H]3CCOC3)c2)ccc(F)c1F. The fourth-order valence-corrected chi connectivity index (χ4v) is 4.60. The van der Waals surface area contributed by atoms with E-state index in [1.54, 1.807) is 0 Å². The Labute approximate surface area is 156 Å². The van der Waals surface area contributed by atoms with Crippen LogP contribution in [-0.4, -0.2) is 33.3 Å². The highest BCUT2D eigenvalue weighted by atomic mass is 32.2. The number of anilines is 1. The molecule has 0 bridgehead atoms. The van der Waals surface area contributed by atoms with Gasteiger partial charge in [0.1, 0.15) is 0 Å². The number of carbonyl (C=O) groups is 1. The maximum atomic E-state index is 13.6. The Morgan fingerprint density at radius 2 is 2.04 bits per heavy atom. The molecule has 0 aromatic heterocycles. The molecule has 0 spiro atoms. The molecule has 1 N–H and O–H groups in total. The number of benzene rings is 2. The first-order chi connectivity index (χ1) is 12.8. The lowest BCUT2D eigenvalue weighted by Gasteiger charge is -2.12. The van der Waals surface area contributed by atoms with Gasteiger partial charge in [0.15, 0.2) is 21.5 Å². The number of sulfone groups is 1. The monoisotopic (exact) mass is 395 g/mol. The van der Waals surface area contributed by atoms with E-state index in [4.69, 9.17) is 4.74 Å². The molecule has 3 rings (SSSR count). The third kappa shape index (κ3) is 4.33. The molecule has 1 atom stereocenters. The zero-order valence-electron chi connectivity index (χ0n) is 14.7. The summed E-state index contributed by atoms with van der Waals surface area (Å²) in [5.41, 5.74) is 0.200. The number of hydrogen-bond acceptors (Lipinski definition) is 4. The summed E-state index contributed by atoms with van der Waals surface area (Å²) in [5, 5.41) is 2.49. The molecule has 1 aliphatic heterocycles. The lowest BCUT2D eigenvalue weighted by molar-refractivity contribution is 0.102. The van der Waals surface area contributed by atoms with Gasteiger partial charge in [0.2, 0.25) is 0 Å². The van der Waals surface area contributed by atoms with Gasteiger partial charge < -0.3 is 10.1 Å². The van der Waals surface area contributed by atoms with Crippen molar-refractivity contribution in [3.63, 3.8) is 0 Å². The van der Waals surface area contributed by atoms with Gasteiger partial charge in [-0.25, -0.2) is 17.2 Å². The molecule has 27 heavy (non-hydrogen) atoms. The molecule has 5 nitrogen and oxygen atoms in total. The molecule has 0 unspecified atom stereocenters. The van der Waals surface area contributed by atoms with E-state index in [1.165, 1.54) is 37.3 Å². The van der Waals surface area contributed by atoms with Crippen LogP contribution in [0.1, 0.15) is 22.3 Å². The molecule has 1 saturated heterocycles. The van der Waals surface area contributed by atoms with Crippen molar-refractivity contribution < 1.29 is 26.7 Å². The lowest BCUT2D eigenvalue weighted by atomic mass is 10.1. The Balaban J connectivity index is 1.80. The standard InChI is InChI=1S/C19H19F2NO4S/c1-12-17(6-5-16(20)18(12)21)22-19(23)14-3-2-4-15(9-14)27(24,25)11-13-7-8-26-10-13/h2-6,9,13H,7-8,10-11H2,1H3,(H,22,23)/t13-/m0/s1. The van der Waals surface area contributed by atoms with Gasteiger partial charge in [0.05, 0.1) is 17.3 Å². The normalized spacial score (nSPS) is 17.1. The van der Waals surface area contributed by atoms with Gasteiger partial charge in [-0.15, -0.1) is 0 Å². The van der Waals surface area contributed by atoms with Crippen molar-refractivity contribution in [1.29, 1.82) is 0 Å². The zero-order valence-corrected chi connectivity index (χ0v) is 15.5. The van der Waals surface area contributed by atoms with Crippen LogP contribution < -0.4 is 5.32 Å². The van der Waals surface area contributed by atoms with Gasteiger partial charge in [-0.05, 0) is 49.6 Å². The van der Waals surface area contributed by atoms with Gasteiger partial charge in [-0.3, -0.25) is 4.79 Å². The van der Waals surface area contributed by atoms with E-state index in [0.29, 0.717) is 19.6 Å². The Hall–Kier alpha value is -2.32. The van der Waals surface area contributed by atoms with Crippen molar-refractivity contribution in [1.82, 2.24) is 0 Å². The first-order valence-corrected chi connectivity index (χ1v) is 10.1. The summed E-state index contributed by atoms with van der Waals surface area (Å²) < 4.78 is 57.2. The molecule has 8 heteroatoms. The van der Waals surface area contributed by atoms with Crippen molar-refractivity contribution in [3.8, 4) is 0 Å². The smallest absolute Gasteiger partial charge is 0.255 e. The predicted octanol–water partition coefficient (Wildman–Crippen LogP) is 3.34. The van der Waals surface area contributed by atoms with E-state index in [-0.39, 0.29) is 33.4 Å². The maximum absolute atomic E-state index is 13.6. The van der Waals surface area contributed by atoms with Gasteiger partial charge in [0.25, 0.3) is 5.91 Å². The van der Waals surface area contributed by atoms with Crippen LogP contribution in [0.15, 0.2) is 41.3 Å². The van der Waals surface area contributed by atoms with Crippen LogP contribution in [0, 0.1) is 24.5 Å². The van der Waals surface area contributed by atoms with Crippen molar-refractivity contribution in [3.05, 3.63) is 59.2 Å². The van der Waals surface area contributed by atoms with Crippen molar-refractivity contribution in [2.24, 2.45) is 5.92 Å². The van der Waals surface area contributed by atoms with Gasteiger partial charge in [0, 0.05) is 23.4 Å². The molecule has 2 aromatic carbocycles. The Morgan fingerprint density at radius 3 is 2.74 bits per heavy atom.